The lowest BCUT2D eigenvalue weighted by Gasteiger charge is -2.20. The average molecular weight is 366 g/mol. The molecule has 5 nitrogen and oxygen atoms in total. The van der Waals surface area contributed by atoms with Gasteiger partial charge in [0.05, 0.1) is 0 Å². The van der Waals surface area contributed by atoms with Crippen LogP contribution in [0.25, 0.3) is 11.1 Å². The fourth-order valence-corrected chi connectivity index (χ4v) is 2.54. The summed E-state index contributed by atoms with van der Waals surface area (Å²) in [4.78, 5) is 19.5. The van der Waals surface area contributed by atoms with Crippen LogP contribution in [0.1, 0.15) is 33.4 Å². The monoisotopic (exact) mass is 365 g/mol. The topological polar surface area (TPSA) is 67.0 Å². The minimum Gasteiger partial charge on any atom is -0.444 e. The largest absolute Gasteiger partial charge is 0.444 e. The molecule has 0 saturated heterocycles. The van der Waals surface area contributed by atoms with Gasteiger partial charge >= 0.3 is 6.09 Å². The second-order valence-corrected chi connectivity index (χ2v) is 7.05. The third kappa shape index (κ3) is 4.79. The highest BCUT2D eigenvalue weighted by molar-refractivity contribution is 7.71. The molecular weight excluding hydrogens is 346 g/mol. The van der Waals surface area contributed by atoms with Crippen LogP contribution in [-0.2, 0) is 11.2 Å². The number of carbonyl (C=O) groups is 1. The summed E-state index contributed by atoms with van der Waals surface area (Å²) in [7, 11) is 0. The van der Waals surface area contributed by atoms with Crippen molar-refractivity contribution in [3.63, 3.8) is 0 Å². The van der Waals surface area contributed by atoms with Gasteiger partial charge in [0.25, 0.3) is 0 Å². The van der Waals surface area contributed by atoms with Crippen molar-refractivity contribution < 1.29 is 9.53 Å². The smallest absolute Gasteiger partial charge is 0.413 e. The first-order valence-corrected chi connectivity index (χ1v) is 8.37. The van der Waals surface area contributed by atoms with Gasteiger partial charge in [-0.1, -0.05) is 30.7 Å². The van der Waals surface area contributed by atoms with Crippen LogP contribution in [0.4, 0.5) is 10.6 Å². The van der Waals surface area contributed by atoms with Crippen LogP contribution in [0.3, 0.4) is 0 Å². The Morgan fingerprint density at radius 1 is 1.33 bits per heavy atom. The number of aryl methyl sites for hydroxylation is 1. The third-order valence-electron chi connectivity index (χ3n) is 3.12. The maximum Gasteiger partial charge on any atom is 0.413 e. The van der Waals surface area contributed by atoms with Crippen molar-refractivity contribution in [2.24, 2.45) is 0 Å². The number of H-pyrrole nitrogens is 1. The number of nitrogens with zero attached hydrogens (tertiary/aromatic N) is 1. The first kappa shape index (κ1) is 18.4. The number of aromatic nitrogens is 2. The van der Waals surface area contributed by atoms with Crippen molar-refractivity contribution in [1.29, 1.82) is 0 Å². The van der Waals surface area contributed by atoms with Gasteiger partial charge in [-0.25, -0.2) is 9.78 Å². The number of amides is 1. The summed E-state index contributed by atoms with van der Waals surface area (Å²) in [5, 5.41) is 3.34. The molecule has 2 N–H and O–H groups in total. The zero-order chi connectivity index (χ0) is 17.9. The first-order valence-electron chi connectivity index (χ1n) is 7.58. The molecule has 0 bridgehead atoms. The number of benzene rings is 1. The lowest BCUT2D eigenvalue weighted by molar-refractivity contribution is 0.0635. The van der Waals surface area contributed by atoms with Gasteiger partial charge in [-0.15, -0.1) is 0 Å². The summed E-state index contributed by atoms with van der Waals surface area (Å²) >= 11 is 11.1. The van der Waals surface area contributed by atoms with Crippen molar-refractivity contribution >= 4 is 35.7 Å². The molecule has 1 aromatic carbocycles. The molecule has 0 saturated carbocycles. The predicted octanol–water partition coefficient (Wildman–Crippen LogP) is 5.37. The summed E-state index contributed by atoms with van der Waals surface area (Å²) in [5.41, 5.74) is 1.92. The van der Waals surface area contributed by atoms with Gasteiger partial charge in [-0.2, -0.15) is 0 Å². The molecule has 0 fully saturated rings. The molecule has 2 aromatic rings. The third-order valence-corrected chi connectivity index (χ3v) is 3.56. The number of anilines is 1. The fourth-order valence-electron chi connectivity index (χ4n) is 2.20. The van der Waals surface area contributed by atoms with Crippen LogP contribution in [0.5, 0.6) is 0 Å². The van der Waals surface area contributed by atoms with Crippen LogP contribution in [-0.4, -0.2) is 21.7 Å². The van der Waals surface area contributed by atoms with Crippen molar-refractivity contribution in [3.05, 3.63) is 39.8 Å². The Morgan fingerprint density at radius 2 is 1.96 bits per heavy atom. The highest BCUT2D eigenvalue weighted by atomic mass is 35.5. The quantitative estimate of drug-likeness (QED) is 0.717. The van der Waals surface area contributed by atoms with E-state index in [9.17, 15) is 4.79 Å². The molecule has 0 aliphatic carbocycles. The number of rotatable bonds is 3. The molecule has 1 amide bonds. The minimum absolute atomic E-state index is 0.302. The predicted molar refractivity (Wildman–Crippen MR) is 99.1 cm³/mol. The maximum atomic E-state index is 12.1. The zero-order valence-electron chi connectivity index (χ0n) is 14.1. The SMILES string of the molecule is CCc1[nH]c(=S)nc(NC(=O)OC(C)(C)C)c1-c1ccc(Cl)cc1. The van der Waals surface area contributed by atoms with Crippen LogP contribution in [0.2, 0.25) is 5.02 Å². The van der Waals surface area contributed by atoms with Crippen LogP contribution in [0, 0.1) is 4.77 Å². The van der Waals surface area contributed by atoms with Gasteiger partial charge in [0.15, 0.2) is 4.77 Å². The van der Waals surface area contributed by atoms with Gasteiger partial charge in [0, 0.05) is 16.3 Å². The van der Waals surface area contributed by atoms with Gasteiger partial charge in [0.1, 0.15) is 11.4 Å². The molecule has 0 radical (unpaired) electrons. The van der Waals surface area contributed by atoms with E-state index in [-0.39, 0.29) is 0 Å². The van der Waals surface area contributed by atoms with E-state index >= 15 is 0 Å². The Bertz CT molecular complexity index is 795. The molecule has 1 heterocycles. The van der Waals surface area contributed by atoms with E-state index in [0.29, 0.717) is 22.0 Å². The normalized spacial score (nSPS) is 11.2. The summed E-state index contributed by atoms with van der Waals surface area (Å²) in [5.74, 6) is 0.368. The van der Waals surface area contributed by atoms with E-state index in [1.807, 2.05) is 19.1 Å². The van der Waals surface area contributed by atoms with E-state index in [4.69, 9.17) is 28.6 Å². The molecule has 24 heavy (non-hydrogen) atoms. The van der Waals surface area contributed by atoms with E-state index in [1.54, 1.807) is 32.9 Å². The summed E-state index contributed by atoms with van der Waals surface area (Å²) in [6.07, 6.45) is 0.125. The Morgan fingerprint density at radius 3 is 2.50 bits per heavy atom. The lowest BCUT2D eigenvalue weighted by atomic mass is 10.0. The maximum absolute atomic E-state index is 12.1. The van der Waals surface area contributed by atoms with Crippen molar-refractivity contribution in [1.82, 2.24) is 9.97 Å². The molecule has 128 valence electrons. The van der Waals surface area contributed by atoms with Crippen molar-refractivity contribution in [2.45, 2.75) is 39.7 Å². The number of hydrogen-bond acceptors (Lipinski definition) is 4. The molecule has 0 aliphatic rings. The number of halogens is 1. The van der Waals surface area contributed by atoms with E-state index < -0.39 is 11.7 Å². The molecule has 0 aliphatic heterocycles. The fraction of sp³-hybridized carbons (Fsp3) is 0.353. The average Bonchev–Trinajstić information content (AvgIpc) is 2.46. The van der Waals surface area contributed by atoms with E-state index in [1.165, 1.54) is 0 Å². The molecule has 0 unspecified atom stereocenters. The Kier molecular flexibility index (Phi) is 5.62. The zero-order valence-corrected chi connectivity index (χ0v) is 15.6. The molecular formula is C17H20ClN3O2S. The minimum atomic E-state index is -0.601. The lowest BCUT2D eigenvalue weighted by Crippen LogP contribution is -2.28. The molecule has 0 atom stereocenters. The molecule has 2 rings (SSSR count). The Balaban J connectivity index is 2.50. The molecule has 1 aromatic heterocycles. The van der Waals surface area contributed by atoms with E-state index in [0.717, 1.165) is 16.8 Å². The van der Waals surface area contributed by atoms with Crippen LogP contribution in [0.15, 0.2) is 24.3 Å². The first-order chi connectivity index (χ1) is 11.2. The van der Waals surface area contributed by atoms with Crippen molar-refractivity contribution in [2.75, 3.05) is 5.32 Å². The second-order valence-electron chi connectivity index (χ2n) is 6.23. The van der Waals surface area contributed by atoms with Crippen LogP contribution >= 0.6 is 23.8 Å². The van der Waals surface area contributed by atoms with Gasteiger partial charge in [-0.3, -0.25) is 5.32 Å². The number of hydrogen-bond donors (Lipinski definition) is 2. The van der Waals surface area contributed by atoms with Gasteiger partial charge in [-0.05, 0) is 57.1 Å². The summed E-state index contributed by atoms with van der Waals surface area (Å²) < 4.78 is 5.61. The highest BCUT2D eigenvalue weighted by Crippen LogP contribution is 2.30. The Hall–Kier alpha value is -1.92. The number of aromatic amines is 1. The molecule has 0 spiro atoms. The van der Waals surface area contributed by atoms with Crippen LogP contribution < -0.4 is 5.32 Å². The standard InChI is InChI=1S/C17H20ClN3O2S/c1-5-12-13(10-6-8-11(18)9-7-10)14(20-15(24)19-12)21-16(22)23-17(2,3)4/h6-9H,5H2,1-4H3,(H2,19,20,21,22,24). The van der Waals surface area contributed by atoms with E-state index in [2.05, 4.69) is 15.3 Å². The van der Waals surface area contributed by atoms with Gasteiger partial charge in [0.2, 0.25) is 0 Å². The summed E-state index contributed by atoms with van der Waals surface area (Å²) in [6, 6.07) is 7.32. The Labute approximate surface area is 151 Å². The molecule has 7 heteroatoms. The second kappa shape index (κ2) is 7.32. The highest BCUT2D eigenvalue weighted by Gasteiger charge is 2.20. The summed E-state index contributed by atoms with van der Waals surface area (Å²) in [6.45, 7) is 7.40. The van der Waals surface area contributed by atoms with Crippen molar-refractivity contribution in [3.8, 4) is 11.1 Å². The van der Waals surface area contributed by atoms with Gasteiger partial charge < -0.3 is 9.72 Å². The number of nitrogens with one attached hydrogen (secondary N) is 2. The number of carbonyl (C=O) groups excluding carboxylic acids is 1. The number of ether oxygens (including phenoxy) is 1.